The van der Waals surface area contributed by atoms with Crippen molar-refractivity contribution in [2.75, 3.05) is 27.2 Å². The number of likely N-dealkylation sites (tertiary alicyclic amines) is 1. The molecule has 1 saturated heterocycles. The molecule has 3 unspecified atom stereocenters. The van der Waals surface area contributed by atoms with Crippen molar-refractivity contribution in [1.82, 2.24) is 9.80 Å². The number of hydrogen-bond donors (Lipinski definition) is 1. The van der Waals surface area contributed by atoms with E-state index in [1.165, 1.54) is 30.5 Å². The van der Waals surface area contributed by atoms with Crippen molar-refractivity contribution < 1.29 is 0 Å². The normalized spacial score (nSPS) is 22.7. The predicted molar refractivity (Wildman–Crippen MR) is 90.5 cm³/mol. The minimum atomic E-state index is 0.203. The fourth-order valence-corrected chi connectivity index (χ4v) is 3.60. The van der Waals surface area contributed by atoms with Crippen LogP contribution in [0.5, 0.6) is 0 Å². The predicted octanol–water partition coefficient (Wildman–Crippen LogP) is 2.80. The maximum atomic E-state index is 6.52. The minimum Gasteiger partial charge on any atom is -0.326 e. The van der Waals surface area contributed by atoms with Crippen molar-refractivity contribution in [3.05, 3.63) is 35.4 Å². The first-order valence-corrected chi connectivity index (χ1v) is 8.25. The van der Waals surface area contributed by atoms with Gasteiger partial charge in [-0.05, 0) is 52.4 Å². The van der Waals surface area contributed by atoms with Crippen LogP contribution in [0.1, 0.15) is 43.4 Å². The minimum absolute atomic E-state index is 0.203. The average molecular weight is 289 g/mol. The lowest BCUT2D eigenvalue weighted by Gasteiger charge is -2.38. The van der Waals surface area contributed by atoms with Crippen molar-refractivity contribution in [2.24, 2.45) is 5.73 Å². The van der Waals surface area contributed by atoms with Gasteiger partial charge >= 0.3 is 0 Å². The Morgan fingerprint density at radius 1 is 1.38 bits per heavy atom. The highest BCUT2D eigenvalue weighted by atomic mass is 15.3. The lowest BCUT2D eigenvalue weighted by molar-refractivity contribution is 0.132. The van der Waals surface area contributed by atoms with Crippen LogP contribution in [0.2, 0.25) is 0 Å². The van der Waals surface area contributed by atoms with E-state index in [1.54, 1.807) is 0 Å². The fraction of sp³-hybridized carbons (Fsp3) is 0.667. The summed E-state index contributed by atoms with van der Waals surface area (Å²) in [7, 11) is 4.33. The molecule has 1 aromatic rings. The molecular formula is C18H31N3. The maximum Gasteiger partial charge on any atom is 0.0502 e. The Hall–Kier alpha value is -0.900. The molecule has 2 N–H and O–H groups in total. The fourth-order valence-electron chi connectivity index (χ4n) is 3.60. The SMILES string of the molecule is CCC(N)C(c1cccc(C)c1)N1CCCC1CN(C)C. The summed E-state index contributed by atoms with van der Waals surface area (Å²) in [6.07, 6.45) is 3.60. The quantitative estimate of drug-likeness (QED) is 0.874. The number of benzene rings is 1. The Bertz CT molecular complexity index is 444. The number of nitrogens with zero attached hydrogens (tertiary/aromatic N) is 2. The van der Waals surface area contributed by atoms with Gasteiger partial charge < -0.3 is 10.6 Å². The van der Waals surface area contributed by atoms with E-state index in [9.17, 15) is 0 Å². The van der Waals surface area contributed by atoms with Gasteiger partial charge in [0.25, 0.3) is 0 Å². The standard InChI is InChI=1S/C18H31N3/c1-5-17(19)18(15-9-6-8-14(2)12-15)21-11-7-10-16(21)13-20(3)4/h6,8-9,12,16-18H,5,7,10-11,13,19H2,1-4H3. The van der Waals surface area contributed by atoms with Crippen LogP contribution in [0.25, 0.3) is 0 Å². The van der Waals surface area contributed by atoms with Gasteiger partial charge in [0.2, 0.25) is 0 Å². The zero-order valence-corrected chi connectivity index (χ0v) is 14.0. The summed E-state index contributed by atoms with van der Waals surface area (Å²) < 4.78 is 0. The van der Waals surface area contributed by atoms with Crippen molar-refractivity contribution in [2.45, 2.75) is 51.2 Å². The van der Waals surface area contributed by atoms with E-state index < -0.39 is 0 Å². The van der Waals surface area contributed by atoms with Crippen LogP contribution in [0.4, 0.5) is 0 Å². The molecule has 0 aromatic heterocycles. The molecule has 0 radical (unpaired) electrons. The number of nitrogens with two attached hydrogens (primary N) is 1. The molecule has 21 heavy (non-hydrogen) atoms. The van der Waals surface area contributed by atoms with Gasteiger partial charge in [-0.1, -0.05) is 36.8 Å². The van der Waals surface area contributed by atoms with E-state index >= 15 is 0 Å². The molecule has 1 aliphatic heterocycles. The zero-order chi connectivity index (χ0) is 15.4. The molecule has 0 amide bonds. The van der Waals surface area contributed by atoms with Crippen molar-refractivity contribution in [1.29, 1.82) is 0 Å². The number of likely N-dealkylation sites (N-methyl/N-ethyl adjacent to an activating group) is 1. The summed E-state index contributed by atoms with van der Waals surface area (Å²) in [5, 5.41) is 0. The molecule has 1 heterocycles. The van der Waals surface area contributed by atoms with Crippen LogP contribution in [-0.4, -0.2) is 49.1 Å². The zero-order valence-electron chi connectivity index (χ0n) is 14.0. The summed E-state index contributed by atoms with van der Waals surface area (Å²) in [5.41, 5.74) is 9.22. The van der Waals surface area contributed by atoms with E-state index in [0.717, 1.165) is 13.0 Å². The Morgan fingerprint density at radius 2 is 2.14 bits per heavy atom. The first-order chi connectivity index (χ1) is 10.0. The Kier molecular flexibility index (Phi) is 5.80. The second kappa shape index (κ2) is 7.39. The van der Waals surface area contributed by atoms with Crippen LogP contribution in [0.3, 0.4) is 0 Å². The van der Waals surface area contributed by atoms with E-state index in [4.69, 9.17) is 5.73 Å². The first-order valence-electron chi connectivity index (χ1n) is 8.25. The molecule has 0 bridgehead atoms. The monoisotopic (exact) mass is 289 g/mol. The average Bonchev–Trinajstić information content (AvgIpc) is 2.86. The van der Waals surface area contributed by atoms with Crippen molar-refractivity contribution >= 4 is 0 Å². The van der Waals surface area contributed by atoms with Gasteiger partial charge in [0.05, 0.1) is 6.04 Å². The highest BCUT2D eigenvalue weighted by Gasteiger charge is 2.34. The number of rotatable bonds is 6. The molecule has 0 spiro atoms. The van der Waals surface area contributed by atoms with Gasteiger partial charge in [-0.3, -0.25) is 4.90 Å². The molecule has 118 valence electrons. The van der Waals surface area contributed by atoms with Crippen LogP contribution >= 0.6 is 0 Å². The van der Waals surface area contributed by atoms with Gasteiger partial charge in [-0.2, -0.15) is 0 Å². The smallest absolute Gasteiger partial charge is 0.0502 e. The molecule has 0 saturated carbocycles. The third-order valence-electron chi connectivity index (χ3n) is 4.62. The Labute approximate surface area is 130 Å². The highest BCUT2D eigenvalue weighted by molar-refractivity contribution is 5.26. The van der Waals surface area contributed by atoms with Crippen LogP contribution < -0.4 is 5.73 Å². The first kappa shape index (κ1) is 16.5. The van der Waals surface area contributed by atoms with Gasteiger partial charge in [0.15, 0.2) is 0 Å². The van der Waals surface area contributed by atoms with Crippen LogP contribution in [0, 0.1) is 6.92 Å². The lowest BCUT2D eigenvalue weighted by Crippen LogP contribution is -2.46. The molecule has 2 rings (SSSR count). The topological polar surface area (TPSA) is 32.5 Å². The third-order valence-corrected chi connectivity index (χ3v) is 4.62. The molecule has 3 nitrogen and oxygen atoms in total. The van der Waals surface area contributed by atoms with E-state index in [2.05, 4.69) is 62.0 Å². The van der Waals surface area contributed by atoms with Gasteiger partial charge in [-0.15, -0.1) is 0 Å². The lowest BCUT2D eigenvalue weighted by atomic mass is 9.94. The third kappa shape index (κ3) is 4.06. The molecule has 1 fully saturated rings. The summed E-state index contributed by atoms with van der Waals surface area (Å²) >= 11 is 0. The summed E-state index contributed by atoms with van der Waals surface area (Å²) in [6.45, 7) is 6.66. The maximum absolute atomic E-state index is 6.52. The second-order valence-electron chi connectivity index (χ2n) is 6.73. The molecule has 1 aliphatic rings. The van der Waals surface area contributed by atoms with Crippen molar-refractivity contribution in [3.63, 3.8) is 0 Å². The van der Waals surface area contributed by atoms with E-state index in [1.807, 2.05) is 0 Å². The summed E-state index contributed by atoms with van der Waals surface area (Å²) in [6, 6.07) is 10.1. The van der Waals surface area contributed by atoms with Crippen LogP contribution in [0.15, 0.2) is 24.3 Å². The van der Waals surface area contributed by atoms with E-state index in [0.29, 0.717) is 12.1 Å². The van der Waals surface area contributed by atoms with Crippen molar-refractivity contribution in [3.8, 4) is 0 Å². The summed E-state index contributed by atoms with van der Waals surface area (Å²) in [4.78, 5) is 4.96. The second-order valence-corrected chi connectivity index (χ2v) is 6.73. The molecule has 3 atom stereocenters. The Morgan fingerprint density at radius 3 is 2.76 bits per heavy atom. The van der Waals surface area contributed by atoms with Gasteiger partial charge in [0.1, 0.15) is 0 Å². The largest absolute Gasteiger partial charge is 0.326 e. The van der Waals surface area contributed by atoms with E-state index in [-0.39, 0.29) is 6.04 Å². The molecule has 0 aliphatic carbocycles. The Balaban J connectivity index is 2.27. The highest BCUT2D eigenvalue weighted by Crippen LogP contribution is 2.32. The molecular weight excluding hydrogens is 258 g/mol. The number of hydrogen-bond acceptors (Lipinski definition) is 3. The molecule has 1 aromatic carbocycles. The summed E-state index contributed by atoms with van der Waals surface area (Å²) in [5.74, 6) is 0. The molecule has 3 heteroatoms. The van der Waals surface area contributed by atoms with Gasteiger partial charge in [0, 0.05) is 18.6 Å². The van der Waals surface area contributed by atoms with Gasteiger partial charge in [-0.25, -0.2) is 0 Å². The number of aryl methyl sites for hydroxylation is 1. The van der Waals surface area contributed by atoms with Crippen LogP contribution in [-0.2, 0) is 0 Å².